The number of hydrogen-bond acceptors (Lipinski definition) is 2. The van der Waals surface area contributed by atoms with Crippen molar-refractivity contribution in [2.24, 2.45) is 5.73 Å². The molecule has 1 heterocycles. The van der Waals surface area contributed by atoms with Crippen LogP contribution >= 0.6 is 28.3 Å². The van der Waals surface area contributed by atoms with E-state index in [9.17, 15) is 0 Å². The molecule has 1 unspecified atom stereocenters. The molecule has 1 saturated heterocycles. The highest BCUT2D eigenvalue weighted by Crippen LogP contribution is 2.24. The molecule has 1 fully saturated rings. The highest BCUT2D eigenvalue weighted by molar-refractivity contribution is 9.10. The van der Waals surface area contributed by atoms with E-state index in [0.717, 1.165) is 19.5 Å². The minimum atomic E-state index is 0. The minimum Gasteiger partial charge on any atom is -0.330 e. The number of hydrogen-bond donors (Lipinski definition) is 1. The minimum absolute atomic E-state index is 0. The van der Waals surface area contributed by atoms with Gasteiger partial charge in [0.05, 0.1) is 0 Å². The second kappa shape index (κ2) is 8.16. The number of nitrogens with zero attached hydrogens (tertiary/aromatic N) is 1. The van der Waals surface area contributed by atoms with Gasteiger partial charge in [-0.05, 0) is 44.0 Å². The summed E-state index contributed by atoms with van der Waals surface area (Å²) in [6, 6.07) is 9.19. The molecule has 2 N–H and O–H groups in total. The van der Waals surface area contributed by atoms with Gasteiger partial charge in [-0.3, -0.25) is 4.90 Å². The van der Waals surface area contributed by atoms with Crippen molar-refractivity contribution < 1.29 is 0 Å². The molecular weight excluding hydrogens is 312 g/mol. The van der Waals surface area contributed by atoms with Crippen LogP contribution in [0.1, 0.15) is 31.2 Å². The first-order valence-corrected chi connectivity index (χ1v) is 7.28. The van der Waals surface area contributed by atoms with E-state index in [1.54, 1.807) is 0 Å². The zero-order chi connectivity index (χ0) is 12.1. The molecule has 0 saturated carbocycles. The first-order valence-electron chi connectivity index (χ1n) is 6.49. The molecule has 0 aromatic heterocycles. The summed E-state index contributed by atoms with van der Waals surface area (Å²) >= 11 is 3.63. The Kier molecular flexibility index (Phi) is 7.23. The molecule has 0 radical (unpaired) electrons. The molecule has 4 heteroatoms. The molecule has 2 nitrogen and oxygen atoms in total. The molecule has 0 spiro atoms. The van der Waals surface area contributed by atoms with Gasteiger partial charge in [0.15, 0.2) is 0 Å². The fourth-order valence-corrected chi connectivity index (χ4v) is 3.04. The number of rotatable bonds is 4. The van der Waals surface area contributed by atoms with Crippen molar-refractivity contribution in [2.45, 2.75) is 38.3 Å². The molecule has 0 bridgehead atoms. The van der Waals surface area contributed by atoms with Crippen molar-refractivity contribution in [3.8, 4) is 0 Å². The van der Waals surface area contributed by atoms with Gasteiger partial charge in [-0.2, -0.15) is 0 Å². The van der Waals surface area contributed by atoms with Gasteiger partial charge in [-0.25, -0.2) is 0 Å². The number of benzene rings is 1. The Hall–Kier alpha value is -0.0900. The van der Waals surface area contributed by atoms with Crippen LogP contribution in [0.3, 0.4) is 0 Å². The van der Waals surface area contributed by atoms with Crippen molar-refractivity contribution in [1.82, 2.24) is 4.90 Å². The van der Waals surface area contributed by atoms with Crippen molar-refractivity contribution in [1.29, 1.82) is 0 Å². The quantitative estimate of drug-likeness (QED) is 0.912. The first kappa shape index (κ1) is 16.0. The lowest BCUT2D eigenvalue weighted by molar-refractivity contribution is 0.134. The Morgan fingerprint density at radius 1 is 1.28 bits per heavy atom. The van der Waals surface area contributed by atoms with Gasteiger partial charge in [0.2, 0.25) is 0 Å². The summed E-state index contributed by atoms with van der Waals surface area (Å²) in [5.41, 5.74) is 7.09. The summed E-state index contributed by atoms with van der Waals surface area (Å²) in [7, 11) is 0. The molecule has 0 amide bonds. The lowest BCUT2D eigenvalue weighted by atomic mass is 9.98. The largest absolute Gasteiger partial charge is 0.330 e. The van der Waals surface area contributed by atoms with Gasteiger partial charge in [-0.15, -0.1) is 12.4 Å². The van der Waals surface area contributed by atoms with E-state index < -0.39 is 0 Å². The lowest BCUT2D eigenvalue weighted by Gasteiger charge is -2.35. The van der Waals surface area contributed by atoms with Crippen LogP contribution in [0.15, 0.2) is 28.7 Å². The third-order valence-corrected chi connectivity index (χ3v) is 4.35. The van der Waals surface area contributed by atoms with Crippen molar-refractivity contribution in [3.05, 3.63) is 34.3 Å². The number of halogens is 2. The predicted molar refractivity (Wildman–Crippen MR) is 83.1 cm³/mol. The van der Waals surface area contributed by atoms with Crippen molar-refractivity contribution in [3.63, 3.8) is 0 Å². The Bertz CT molecular complexity index is 357. The van der Waals surface area contributed by atoms with Gasteiger partial charge in [-0.1, -0.05) is 40.5 Å². The van der Waals surface area contributed by atoms with E-state index in [1.807, 2.05) is 0 Å². The summed E-state index contributed by atoms with van der Waals surface area (Å²) in [4.78, 5) is 2.59. The van der Waals surface area contributed by atoms with E-state index in [2.05, 4.69) is 45.1 Å². The standard InChI is InChI=1S/C14H21BrN2.ClH/c15-14-7-2-1-5-12(14)11-17-10-4-3-6-13(17)8-9-16;/h1-2,5,7,13H,3-4,6,8-11,16H2;1H. The summed E-state index contributed by atoms with van der Waals surface area (Å²) in [5, 5.41) is 0. The number of nitrogens with two attached hydrogens (primary N) is 1. The van der Waals surface area contributed by atoms with Crippen LogP contribution in [-0.4, -0.2) is 24.0 Å². The summed E-state index contributed by atoms with van der Waals surface area (Å²) in [6.45, 7) is 3.06. The molecule has 1 aromatic carbocycles. The maximum atomic E-state index is 5.71. The third kappa shape index (κ3) is 4.23. The molecule has 0 aliphatic carbocycles. The molecule has 2 rings (SSSR count). The average molecular weight is 334 g/mol. The molecular formula is C14H22BrClN2. The molecule has 1 aromatic rings. The van der Waals surface area contributed by atoms with E-state index in [0.29, 0.717) is 6.04 Å². The summed E-state index contributed by atoms with van der Waals surface area (Å²) in [5.74, 6) is 0. The summed E-state index contributed by atoms with van der Waals surface area (Å²) in [6.07, 6.45) is 5.12. The van der Waals surface area contributed by atoms with E-state index >= 15 is 0 Å². The maximum absolute atomic E-state index is 5.71. The van der Waals surface area contributed by atoms with E-state index in [4.69, 9.17) is 5.73 Å². The third-order valence-electron chi connectivity index (χ3n) is 3.58. The lowest BCUT2D eigenvalue weighted by Crippen LogP contribution is -2.40. The van der Waals surface area contributed by atoms with Gasteiger partial charge < -0.3 is 5.73 Å². The second-order valence-electron chi connectivity index (χ2n) is 4.79. The van der Waals surface area contributed by atoms with Gasteiger partial charge in [0.25, 0.3) is 0 Å². The number of piperidine rings is 1. The molecule has 102 valence electrons. The molecule has 18 heavy (non-hydrogen) atoms. The topological polar surface area (TPSA) is 29.3 Å². The Labute approximate surface area is 124 Å². The van der Waals surface area contributed by atoms with Crippen LogP contribution in [0, 0.1) is 0 Å². The van der Waals surface area contributed by atoms with Gasteiger partial charge in [0.1, 0.15) is 0 Å². The second-order valence-corrected chi connectivity index (χ2v) is 5.64. The van der Waals surface area contributed by atoms with Crippen LogP contribution < -0.4 is 5.73 Å². The van der Waals surface area contributed by atoms with Gasteiger partial charge >= 0.3 is 0 Å². The van der Waals surface area contributed by atoms with Crippen molar-refractivity contribution in [2.75, 3.05) is 13.1 Å². The van der Waals surface area contributed by atoms with Crippen molar-refractivity contribution >= 4 is 28.3 Å². The van der Waals surface area contributed by atoms with Crippen LogP contribution in [0.4, 0.5) is 0 Å². The van der Waals surface area contributed by atoms with E-state index in [-0.39, 0.29) is 12.4 Å². The van der Waals surface area contributed by atoms with Crippen LogP contribution in [-0.2, 0) is 6.54 Å². The maximum Gasteiger partial charge on any atom is 0.0247 e. The fourth-order valence-electron chi connectivity index (χ4n) is 2.63. The zero-order valence-corrected chi connectivity index (χ0v) is 13.0. The zero-order valence-electron chi connectivity index (χ0n) is 10.6. The first-order chi connectivity index (χ1) is 8.31. The SMILES string of the molecule is Cl.NCCC1CCCCN1Cc1ccccc1Br. The number of likely N-dealkylation sites (tertiary alicyclic amines) is 1. The Morgan fingerprint density at radius 3 is 2.78 bits per heavy atom. The Balaban J connectivity index is 0.00000162. The smallest absolute Gasteiger partial charge is 0.0247 e. The highest BCUT2D eigenvalue weighted by Gasteiger charge is 2.21. The highest BCUT2D eigenvalue weighted by atomic mass is 79.9. The predicted octanol–water partition coefficient (Wildman–Crippen LogP) is 3.57. The van der Waals surface area contributed by atoms with Crippen LogP contribution in [0.5, 0.6) is 0 Å². The fraction of sp³-hybridized carbons (Fsp3) is 0.571. The Morgan fingerprint density at radius 2 is 2.06 bits per heavy atom. The molecule has 1 aliphatic rings. The average Bonchev–Trinajstić information content (AvgIpc) is 2.35. The monoisotopic (exact) mass is 332 g/mol. The van der Waals surface area contributed by atoms with E-state index in [1.165, 1.54) is 35.8 Å². The van der Waals surface area contributed by atoms with Crippen LogP contribution in [0.25, 0.3) is 0 Å². The van der Waals surface area contributed by atoms with Gasteiger partial charge in [0, 0.05) is 17.1 Å². The molecule has 1 atom stereocenters. The van der Waals surface area contributed by atoms with Crippen LogP contribution in [0.2, 0.25) is 0 Å². The summed E-state index contributed by atoms with van der Waals surface area (Å²) < 4.78 is 1.22. The molecule has 1 aliphatic heterocycles. The normalized spacial score (nSPS) is 20.4.